The molecule has 28 heavy (non-hydrogen) atoms. The van der Waals surface area contributed by atoms with Crippen molar-refractivity contribution in [3.8, 4) is 5.75 Å². The Morgan fingerprint density at radius 2 is 1.86 bits per heavy atom. The first-order valence-electron chi connectivity index (χ1n) is 7.71. The number of rotatable bonds is 8. The van der Waals surface area contributed by atoms with Crippen LogP contribution in [0.15, 0.2) is 41.8 Å². The van der Waals surface area contributed by atoms with Gasteiger partial charge in [0.25, 0.3) is 17.7 Å². The third-order valence-corrected chi connectivity index (χ3v) is 3.95. The molecule has 1 aromatic carbocycles. The number of esters is 1. The minimum Gasteiger partial charge on any atom is -0.454 e. The van der Waals surface area contributed by atoms with Crippen LogP contribution in [0.1, 0.15) is 20.0 Å². The zero-order chi connectivity index (χ0) is 20.5. The largest absolute Gasteiger partial charge is 0.454 e. The molecule has 2 aromatic rings. The molecular formula is C17H14F2N2O6S. The first kappa shape index (κ1) is 21.0. The number of carbonyl (C=O) groups is 4. The van der Waals surface area contributed by atoms with Crippen molar-refractivity contribution in [2.45, 2.75) is 6.61 Å². The van der Waals surface area contributed by atoms with Crippen LogP contribution < -0.4 is 15.4 Å². The highest BCUT2D eigenvalue weighted by atomic mass is 32.1. The van der Waals surface area contributed by atoms with Gasteiger partial charge >= 0.3 is 12.6 Å². The van der Waals surface area contributed by atoms with Crippen molar-refractivity contribution in [3.05, 3.63) is 52.2 Å². The number of hydrogen-bond donors (Lipinski definition) is 2. The summed E-state index contributed by atoms with van der Waals surface area (Å²) in [4.78, 5) is 47.1. The van der Waals surface area contributed by atoms with Gasteiger partial charge in [0.05, 0.1) is 4.88 Å². The van der Waals surface area contributed by atoms with E-state index in [1.165, 1.54) is 24.3 Å². The number of imide groups is 1. The van der Waals surface area contributed by atoms with Crippen LogP contribution in [0.5, 0.6) is 5.75 Å². The van der Waals surface area contributed by atoms with E-state index >= 15 is 0 Å². The van der Waals surface area contributed by atoms with Gasteiger partial charge in [-0.2, -0.15) is 8.78 Å². The van der Waals surface area contributed by atoms with Gasteiger partial charge in [0.15, 0.2) is 6.61 Å². The highest BCUT2D eigenvalue weighted by molar-refractivity contribution is 7.12. The van der Waals surface area contributed by atoms with Crippen LogP contribution in [0.2, 0.25) is 0 Å². The minimum absolute atomic E-state index is 0.00904. The van der Waals surface area contributed by atoms with Crippen molar-refractivity contribution in [2.75, 3.05) is 13.2 Å². The van der Waals surface area contributed by atoms with Crippen molar-refractivity contribution in [2.24, 2.45) is 0 Å². The molecule has 0 atom stereocenters. The van der Waals surface area contributed by atoms with Gasteiger partial charge in [0, 0.05) is 5.56 Å². The lowest BCUT2D eigenvalue weighted by Gasteiger charge is -2.08. The van der Waals surface area contributed by atoms with Crippen molar-refractivity contribution >= 4 is 35.0 Å². The Balaban J connectivity index is 1.73. The molecule has 0 aliphatic carbocycles. The van der Waals surface area contributed by atoms with Crippen molar-refractivity contribution < 1.29 is 37.4 Å². The number of carbonyl (C=O) groups excluding carboxylic acids is 4. The highest BCUT2D eigenvalue weighted by Gasteiger charge is 2.15. The van der Waals surface area contributed by atoms with Crippen LogP contribution in [0.3, 0.4) is 0 Å². The normalized spacial score (nSPS) is 10.2. The van der Waals surface area contributed by atoms with E-state index in [9.17, 15) is 28.0 Å². The molecule has 0 saturated carbocycles. The number of thiophene rings is 1. The van der Waals surface area contributed by atoms with Gasteiger partial charge in [0.2, 0.25) is 0 Å². The summed E-state index contributed by atoms with van der Waals surface area (Å²) in [5.74, 6) is -3.30. The molecule has 0 spiro atoms. The van der Waals surface area contributed by atoms with Crippen LogP contribution in [0.25, 0.3) is 0 Å². The molecule has 0 aliphatic heterocycles. The van der Waals surface area contributed by atoms with Crippen molar-refractivity contribution in [1.82, 2.24) is 10.6 Å². The predicted molar refractivity (Wildman–Crippen MR) is 93.2 cm³/mol. The maximum atomic E-state index is 12.2. The highest BCUT2D eigenvalue weighted by Crippen LogP contribution is 2.15. The molecule has 0 bridgehead atoms. The lowest BCUT2D eigenvalue weighted by atomic mass is 10.2. The average molecular weight is 412 g/mol. The van der Waals surface area contributed by atoms with E-state index in [0.29, 0.717) is 4.88 Å². The summed E-state index contributed by atoms with van der Waals surface area (Å²) in [7, 11) is 0. The quantitative estimate of drug-likeness (QED) is 0.637. The molecule has 2 N–H and O–H groups in total. The van der Waals surface area contributed by atoms with Crippen LogP contribution >= 0.6 is 11.3 Å². The second-order valence-electron chi connectivity index (χ2n) is 5.10. The Morgan fingerprint density at radius 1 is 1.07 bits per heavy atom. The fourth-order valence-electron chi connectivity index (χ4n) is 1.90. The molecule has 1 aromatic heterocycles. The Labute approximate surface area is 161 Å². The minimum atomic E-state index is -3.04. The van der Waals surface area contributed by atoms with Crippen molar-refractivity contribution in [1.29, 1.82) is 0 Å². The summed E-state index contributed by atoms with van der Waals surface area (Å²) in [6.07, 6.45) is 0. The summed E-state index contributed by atoms with van der Waals surface area (Å²) in [5, 5.41) is 5.92. The molecule has 0 unspecified atom stereocenters. The molecule has 11 heteroatoms. The SMILES string of the molecule is O=C(COC(=O)CNC(=O)c1cccc(OC(F)F)c1)NC(=O)c1cccs1. The van der Waals surface area contributed by atoms with E-state index in [-0.39, 0.29) is 11.3 Å². The first-order valence-corrected chi connectivity index (χ1v) is 8.59. The number of ether oxygens (including phenoxy) is 2. The number of halogens is 2. The van der Waals surface area contributed by atoms with Crippen LogP contribution in [-0.2, 0) is 14.3 Å². The first-order chi connectivity index (χ1) is 13.3. The number of hydrogen-bond acceptors (Lipinski definition) is 7. The van der Waals surface area contributed by atoms with E-state index in [1.807, 2.05) is 5.32 Å². The molecule has 0 fully saturated rings. The maximum absolute atomic E-state index is 12.2. The van der Waals surface area contributed by atoms with Gasteiger partial charge in [-0.25, -0.2) is 0 Å². The Hall–Kier alpha value is -3.34. The van der Waals surface area contributed by atoms with Gasteiger partial charge in [-0.15, -0.1) is 11.3 Å². The number of amides is 3. The zero-order valence-corrected chi connectivity index (χ0v) is 15.0. The molecule has 8 nitrogen and oxygen atoms in total. The smallest absolute Gasteiger partial charge is 0.387 e. The molecule has 0 aliphatic rings. The lowest BCUT2D eigenvalue weighted by Crippen LogP contribution is -2.36. The summed E-state index contributed by atoms with van der Waals surface area (Å²) in [6.45, 7) is -4.31. The van der Waals surface area contributed by atoms with Crippen molar-refractivity contribution in [3.63, 3.8) is 0 Å². The third-order valence-electron chi connectivity index (χ3n) is 3.08. The summed E-state index contributed by atoms with van der Waals surface area (Å²) in [5.41, 5.74) is -0.00904. The Bertz CT molecular complexity index is 857. The second kappa shape index (κ2) is 10.1. The van der Waals surface area contributed by atoms with Crippen LogP contribution in [-0.4, -0.2) is 43.5 Å². The van der Waals surface area contributed by atoms with Crippen LogP contribution in [0.4, 0.5) is 8.78 Å². The van der Waals surface area contributed by atoms with Gasteiger partial charge < -0.3 is 14.8 Å². The third kappa shape index (κ3) is 6.76. The molecule has 0 saturated heterocycles. The monoisotopic (exact) mass is 412 g/mol. The molecule has 2 rings (SSSR count). The van der Waals surface area contributed by atoms with E-state index in [1.54, 1.807) is 11.4 Å². The zero-order valence-electron chi connectivity index (χ0n) is 14.1. The van der Waals surface area contributed by atoms with E-state index in [0.717, 1.165) is 17.4 Å². The van der Waals surface area contributed by atoms with Gasteiger partial charge in [-0.3, -0.25) is 24.5 Å². The predicted octanol–water partition coefficient (Wildman–Crippen LogP) is 1.58. The van der Waals surface area contributed by atoms with E-state index < -0.39 is 43.5 Å². The summed E-state index contributed by atoms with van der Waals surface area (Å²) in [6, 6.07) is 8.16. The lowest BCUT2D eigenvalue weighted by molar-refractivity contribution is -0.147. The molecule has 0 radical (unpaired) electrons. The molecule has 3 amide bonds. The molecular weight excluding hydrogens is 398 g/mol. The average Bonchev–Trinajstić information content (AvgIpc) is 3.19. The topological polar surface area (TPSA) is 111 Å². The fourth-order valence-corrected chi connectivity index (χ4v) is 2.52. The van der Waals surface area contributed by atoms with Crippen LogP contribution in [0, 0.1) is 0 Å². The van der Waals surface area contributed by atoms with E-state index in [2.05, 4.69) is 14.8 Å². The van der Waals surface area contributed by atoms with Gasteiger partial charge in [0.1, 0.15) is 12.3 Å². The van der Waals surface area contributed by atoms with Gasteiger partial charge in [-0.05, 0) is 29.6 Å². The van der Waals surface area contributed by atoms with Gasteiger partial charge in [-0.1, -0.05) is 12.1 Å². The Kier molecular flexibility index (Phi) is 7.57. The number of nitrogens with one attached hydrogen (secondary N) is 2. The second-order valence-corrected chi connectivity index (χ2v) is 6.05. The maximum Gasteiger partial charge on any atom is 0.387 e. The fraction of sp³-hybridized carbons (Fsp3) is 0.176. The standard InChI is InChI=1S/C17H14F2N2O6S/c18-17(19)27-11-4-1-3-10(7-11)15(24)20-8-14(23)26-9-13(22)21-16(25)12-5-2-6-28-12/h1-7,17H,8-9H2,(H,20,24)(H,21,22,25). The number of benzene rings is 1. The summed E-state index contributed by atoms with van der Waals surface area (Å²) >= 11 is 1.14. The number of alkyl halides is 2. The van der Waals surface area contributed by atoms with E-state index in [4.69, 9.17) is 0 Å². The Morgan fingerprint density at radius 3 is 2.54 bits per heavy atom. The molecule has 148 valence electrons. The molecule has 1 heterocycles. The summed E-state index contributed by atoms with van der Waals surface area (Å²) < 4.78 is 33.2.